The van der Waals surface area contributed by atoms with Crippen molar-refractivity contribution in [1.82, 2.24) is 4.98 Å². The molecule has 0 aliphatic heterocycles. The molecule has 1 atom stereocenters. The summed E-state index contributed by atoms with van der Waals surface area (Å²) in [5.74, 6) is 0. The number of hydrogen-bond donors (Lipinski definition) is 2. The number of aromatic nitrogens is 1. The summed E-state index contributed by atoms with van der Waals surface area (Å²) in [5.41, 5.74) is 2.79. The zero-order chi connectivity index (χ0) is 11.3. The van der Waals surface area contributed by atoms with Gasteiger partial charge in [0.05, 0.1) is 30.1 Å². The Balaban J connectivity index is 2.83. The van der Waals surface area contributed by atoms with Gasteiger partial charge in [-0.05, 0) is 28.9 Å². The number of anilines is 2. The number of pyridine rings is 1. The van der Waals surface area contributed by atoms with Crippen molar-refractivity contribution in [3.8, 4) is 6.07 Å². The highest BCUT2D eigenvalue weighted by molar-refractivity contribution is 9.10. The number of rotatable bonds is 4. The average Bonchev–Trinajstić information content (AvgIpc) is 2.18. The Morgan fingerprint density at radius 2 is 2.40 bits per heavy atom. The molecule has 0 aliphatic rings. The van der Waals surface area contributed by atoms with Gasteiger partial charge in [0, 0.05) is 6.04 Å². The second-order valence-corrected chi connectivity index (χ2v) is 3.87. The summed E-state index contributed by atoms with van der Waals surface area (Å²) < 4.78 is 0.633. The first kappa shape index (κ1) is 11.8. The van der Waals surface area contributed by atoms with Gasteiger partial charge in [0.15, 0.2) is 0 Å². The highest BCUT2D eigenvalue weighted by Crippen LogP contribution is 2.24. The molecule has 1 aromatic heterocycles. The summed E-state index contributed by atoms with van der Waals surface area (Å²) in [6, 6.07) is 3.72. The zero-order valence-corrected chi connectivity index (χ0v) is 9.71. The van der Waals surface area contributed by atoms with Gasteiger partial charge in [-0.1, -0.05) is 0 Å². The molecule has 6 heteroatoms. The van der Waals surface area contributed by atoms with Crippen molar-refractivity contribution in [2.75, 3.05) is 10.8 Å². The molecule has 0 saturated heterocycles. The zero-order valence-electron chi connectivity index (χ0n) is 8.12. The van der Waals surface area contributed by atoms with Gasteiger partial charge in [-0.3, -0.25) is 0 Å². The highest BCUT2D eigenvalue weighted by Gasteiger charge is 2.05. The monoisotopic (exact) mass is 269 g/mol. The average molecular weight is 270 g/mol. The van der Waals surface area contributed by atoms with E-state index in [9.17, 15) is 5.21 Å². The van der Waals surface area contributed by atoms with Gasteiger partial charge in [-0.15, -0.1) is 0 Å². The number of hydrogen-bond acceptors (Lipinski definition) is 5. The maximum absolute atomic E-state index is 10.6. The van der Waals surface area contributed by atoms with Crippen LogP contribution in [0.3, 0.4) is 0 Å². The van der Waals surface area contributed by atoms with Crippen LogP contribution in [0, 0.1) is 16.5 Å². The fourth-order valence-electron chi connectivity index (χ4n) is 1.08. The third-order valence-electron chi connectivity index (χ3n) is 1.78. The molecule has 5 nitrogen and oxygen atoms in total. The molecule has 80 valence electrons. The molecule has 0 radical (unpaired) electrons. The Hall–Kier alpha value is -1.32. The van der Waals surface area contributed by atoms with E-state index in [0.29, 0.717) is 22.4 Å². The van der Waals surface area contributed by atoms with Crippen LogP contribution in [-0.4, -0.2) is 11.0 Å². The normalized spacial score (nSPS) is 11.6. The van der Waals surface area contributed by atoms with E-state index in [0.717, 1.165) is 0 Å². The molecule has 15 heavy (non-hydrogen) atoms. The minimum atomic E-state index is -0.0172. The first-order chi connectivity index (χ1) is 7.17. The molecule has 1 rings (SSSR count). The van der Waals surface area contributed by atoms with Crippen molar-refractivity contribution in [2.45, 2.75) is 19.4 Å². The predicted molar refractivity (Wildman–Crippen MR) is 62.2 cm³/mol. The van der Waals surface area contributed by atoms with Crippen LogP contribution in [0.1, 0.15) is 13.3 Å². The van der Waals surface area contributed by atoms with Crippen LogP contribution in [0.2, 0.25) is 0 Å². The quantitative estimate of drug-likeness (QED) is 0.648. The lowest BCUT2D eigenvalue weighted by Crippen LogP contribution is -2.15. The molecule has 0 fully saturated rings. The summed E-state index contributed by atoms with van der Waals surface area (Å²) in [7, 11) is 0. The lowest BCUT2D eigenvalue weighted by atomic mass is 10.2. The predicted octanol–water partition coefficient (Wildman–Crippen LogP) is 2.47. The van der Waals surface area contributed by atoms with Crippen molar-refractivity contribution >= 4 is 27.3 Å². The summed E-state index contributed by atoms with van der Waals surface area (Å²) in [6.45, 7) is 1.87. The van der Waals surface area contributed by atoms with E-state index in [1.807, 2.05) is 6.92 Å². The van der Waals surface area contributed by atoms with Gasteiger partial charge >= 0.3 is 0 Å². The van der Waals surface area contributed by atoms with Crippen LogP contribution in [0.15, 0.2) is 16.9 Å². The number of halogens is 1. The smallest absolute Gasteiger partial charge is 0.108 e. The van der Waals surface area contributed by atoms with Gasteiger partial charge in [0.1, 0.15) is 4.60 Å². The molecule has 2 N–H and O–H groups in total. The molecule has 1 aromatic rings. The Morgan fingerprint density at radius 1 is 1.67 bits per heavy atom. The van der Waals surface area contributed by atoms with E-state index in [4.69, 9.17) is 5.26 Å². The summed E-state index contributed by atoms with van der Waals surface area (Å²) >= 11 is 3.21. The number of nitriles is 1. The van der Waals surface area contributed by atoms with Gasteiger partial charge in [-0.2, -0.15) is 5.26 Å². The van der Waals surface area contributed by atoms with Crippen molar-refractivity contribution < 1.29 is 0 Å². The van der Waals surface area contributed by atoms with Gasteiger partial charge in [-0.25, -0.2) is 4.98 Å². The lowest BCUT2D eigenvalue weighted by Gasteiger charge is -2.18. The minimum absolute atomic E-state index is 0.0172. The lowest BCUT2D eigenvalue weighted by molar-refractivity contribution is 0.821. The molecule has 0 saturated carbocycles. The highest BCUT2D eigenvalue weighted by atomic mass is 79.9. The number of nitrogens with zero attached hydrogens (tertiary/aromatic N) is 2. The van der Waals surface area contributed by atoms with Crippen molar-refractivity contribution in [1.29, 1.82) is 5.26 Å². The first-order valence-electron chi connectivity index (χ1n) is 4.34. The van der Waals surface area contributed by atoms with Crippen LogP contribution < -0.4 is 10.8 Å². The topological polar surface area (TPSA) is 83.8 Å². The molecule has 0 spiro atoms. The van der Waals surface area contributed by atoms with E-state index in [-0.39, 0.29) is 6.04 Å². The maximum Gasteiger partial charge on any atom is 0.108 e. The number of nitrogens with one attached hydrogen (secondary N) is 2. The second-order valence-electron chi connectivity index (χ2n) is 3.06. The van der Waals surface area contributed by atoms with E-state index >= 15 is 0 Å². The summed E-state index contributed by atoms with van der Waals surface area (Å²) in [4.78, 5) is 3.91. The van der Waals surface area contributed by atoms with Crippen LogP contribution in [0.25, 0.3) is 0 Å². The molecule has 1 heterocycles. The maximum atomic E-state index is 10.6. The van der Waals surface area contributed by atoms with E-state index in [1.54, 1.807) is 11.5 Å². The van der Waals surface area contributed by atoms with Crippen LogP contribution in [-0.2, 0) is 0 Å². The third-order valence-corrected chi connectivity index (χ3v) is 2.21. The first-order valence-corrected chi connectivity index (χ1v) is 5.14. The minimum Gasteiger partial charge on any atom is -0.761 e. The van der Waals surface area contributed by atoms with Crippen LogP contribution in [0.4, 0.5) is 11.4 Å². The molecule has 0 aliphatic carbocycles. The molecule has 0 aromatic carbocycles. The summed E-state index contributed by atoms with van der Waals surface area (Å²) in [5, 5.41) is 22.1. The molecular weight excluding hydrogens is 260 g/mol. The van der Waals surface area contributed by atoms with E-state index < -0.39 is 0 Å². The fourth-order valence-corrected chi connectivity index (χ4v) is 1.42. The largest absolute Gasteiger partial charge is 0.761 e. The van der Waals surface area contributed by atoms with Gasteiger partial charge in [0.25, 0.3) is 0 Å². The van der Waals surface area contributed by atoms with Crippen molar-refractivity contribution in [3.05, 3.63) is 22.1 Å². The Kier molecular flexibility index (Phi) is 4.34. The second kappa shape index (κ2) is 5.53. The standard InChI is InChI=1S/C9H10BrN4O/c1-6(2-3-11)13-7-4-9(10)12-5-8(7)14-15/h4-6,14H,2H2,1H3,(H,12,13)/q-1. The molecule has 0 bridgehead atoms. The molecule has 0 amide bonds. The van der Waals surface area contributed by atoms with Crippen LogP contribution >= 0.6 is 15.9 Å². The van der Waals surface area contributed by atoms with Gasteiger partial charge in [0.2, 0.25) is 0 Å². The van der Waals surface area contributed by atoms with Crippen molar-refractivity contribution in [2.24, 2.45) is 0 Å². The third kappa shape index (κ3) is 3.38. The Bertz CT molecular complexity index is 377. The van der Waals surface area contributed by atoms with Gasteiger partial charge < -0.3 is 16.0 Å². The molecule has 1 unspecified atom stereocenters. The molecular formula is C9H10BrN4O-. The van der Waals surface area contributed by atoms with E-state index in [2.05, 4.69) is 32.3 Å². The Labute approximate surface area is 96.2 Å². The Morgan fingerprint density at radius 3 is 3.00 bits per heavy atom. The van der Waals surface area contributed by atoms with Crippen molar-refractivity contribution in [3.63, 3.8) is 0 Å². The van der Waals surface area contributed by atoms with E-state index in [1.165, 1.54) is 6.20 Å². The SMILES string of the molecule is CC(CC#N)Nc1cc(Br)ncc1N[O-]. The summed E-state index contributed by atoms with van der Waals surface area (Å²) in [6.07, 6.45) is 1.80. The van der Waals surface area contributed by atoms with Crippen LogP contribution in [0.5, 0.6) is 0 Å². The fraction of sp³-hybridized carbons (Fsp3) is 0.333.